The van der Waals surface area contributed by atoms with Gasteiger partial charge in [-0.3, -0.25) is 9.79 Å². The Morgan fingerprint density at radius 1 is 1.12 bits per heavy atom. The van der Waals surface area contributed by atoms with E-state index in [2.05, 4.69) is 32.4 Å². The third kappa shape index (κ3) is 7.39. The molecule has 1 heterocycles. The molecule has 0 atom stereocenters. The van der Waals surface area contributed by atoms with Crippen molar-refractivity contribution < 1.29 is 4.79 Å². The molecule has 1 aromatic heterocycles. The molecule has 1 amide bonds. The van der Waals surface area contributed by atoms with Gasteiger partial charge in [0.15, 0.2) is 5.96 Å². The summed E-state index contributed by atoms with van der Waals surface area (Å²) in [5.74, 6) is 0.488. The summed E-state index contributed by atoms with van der Waals surface area (Å²) < 4.78 is 0. The van der Waals surface area contributed by atoms with Crippen LogP contribution in [0.2, 0.25) is 10.0 Å². The SMILES string of the molecule is CN=C(NCCNC(=O)c1ccc(Cl)c(Cl)c1)NCc1ccsc1.I. The summed E-state index contributed by atoms with van der Waals surface area (Å²) in [7, 11) is 1.71. The van der Waals surface area contributed by atoms with E-state index >= 15 is 0 Å². The summed E-state index contributed by atoms with van der Waals surface area (Å²) >= 11 is 13.4. The van der Waals surface area contributed by atoms with Crippen LogP contribution in [0.3, 0.4) is 0 Å². The largest absolute Gasteiger partial charge is 0.355 e. The van der Waals surface area contributed by atoms with Gasteiger partial charge < -0.3 is 16.0 Å². The molecule has 3 N–H and O–H groups in total. The number of carbonyl (C=O) groups excluding carboxylic acids is 1. The zero-order valence-electron chi connectivity index (χ0n) is 13.5. The van der Waals surface area contributed by atoms with Crippen LogP contribution in [0.1, 0.15) is 15.9 Å². The van der Waals surface area contributed by atoms with Crippen molar-refractivity contribution in [2.24, 2.45) is 4.99 Å². The number of rotatable bonds is 6. The molecule has 0 bridgehead atoms. The molecule has 0 radical (unpaired) electrons. The molecule has 9 heteroatoms. The van der Waals surface area contributed by atoms with E-state index in [9.17, 15) is 4.79 Å². The summed E-state index contributed by atoms with van der Waals surface area (Å²) in [5, 5.41) is 14.1. The van der Waals surface area contributed by atoms with Gasteiger partial charge in [0.1, 0.15) is 0 Å². The van der Waals surface area contributed by atoms with E-state index in [1.807, 2.05) is 5.38 Å². The summed E-state index contributed by atoms with van der Waals surface area (Å²) in [6, 6.07) is 6.85. The molecule has 2 aromatic rings. The lowest BCUT2D eigenvalue weighted by Crippen LogP contribution is -2.41. The molecule has 5 nitrogen and oxygen atoms in total. The van der Waals surface area contributed by atoms with Crippen LogP contribution < -0.4 is 16.0 Å². The van der Waals surface area contributed by atoms with Gasteiger partial charge in [-0.15, -0.1) is 24.0 Å². The van der Waals surface area contributed by atoms with Crippen LogP contribution in [0.25, 0.3) is 0 Å². The number of amides is 1. The van der Waals surface area contributed by atoms with Crippen molar-refractivity contribution in [3.63, 3.8) is 0 Å². The van der Waals surface area contributed by atoms with Crippen LogP contribution in [-0.2, 0) is 6.54 Å². The van der Waals surface area contributed by atoms with Crippen molar-refractivity contribution >= 4 is 70.4 Å². The van der Waals surface area contributed by atoms with Crippen molar-refractivity contribution in [2.75, 3.05) is 20.1 Å². The number of carbonyl (C=O) groups is 1. The molecule has 0 aliphatic rings. The number of hydrogen-bond donors (Lipinski definition) is 3. The maximum atomic E-state index is 12.0. The van der Waals surface area contributed by atoms with Gasteiger partial charge in [-0.25, -0.2) is 0 Å². The first-order chi connectivity index (χ1) is 11.6. The Kier molecular flexibility index (Phi) is 10.2. The minimum Gasteiger partial charge on any atom is -0.355 e. The lowest BCUT2D eigenvalue weighted by Gasteiger charge is -2.12. The fourth-order valence-electron chi connectivity index (χ4n) is 1.90. The predicted molar refractivity (Wildman–Crippen MR) is 117 cm³/mol. The normalized spacial score (nSPS) is 10.8. The number of benzene rings is 1. The molecule has 0 unspecified atom stereocenters. The number of nitrogens with zero attached hydrogens (tertiary/aromatic N) is 1. The monoisotopic (exact) mass is 512 g/mol. The first-order valence-electron chi connectivity index (χ1n) is 7.29. The zero-order valence-corrected chi connectivity index (χ0v) is 18.2. The fraction of sp³-hybridized carbons (Fsp3) is 0.250. The number of halogens is 3. The van der Waals surface area contributed by atoms with Crippen LogP contribution in [-0.4, -0.2) is 32.0 Å². The Morgan fingerprint density at radius 3 is 2.52 bits per heavy atom. The first kappa shape index (κ1) is 22.0. The highest BCUT2D eigenvalue weighted by molar-refractivity contribution is 14.0. The quantitative estimate of drug-likeness (QED) is 0.239. The Hall–Kier alpha value is -1.03. The van der Waals surface area contributed by atoms with Crippen molar-refractivity contribution in [3.05, 3.63) is 56.2 Å². The second-order valence-electron chi connectivity index (χ2n) is 4.87. The molecule has 0 fully saturated rings. The molecular weight excluding hydrogens is 494 g/mol. The van der Waals surface area contributed by atoms with Crippen molar-refractivity contribution in [2.45, 2.75) is 6.54 Å². The van der Waals surface area contributed by atoms with Crippen LogP contribution in [0.15, 0.2) is 40.0 Å². The fourth-order valence-corrected chi connectivity index (χ4v) is 2.86. The Balaban J connectivity index is 0.00000312. The smallest absolute Gasteiger partial charge is 0.251 e. The number of hydrogen-bond acceptors (Lipinski definition) is 3. The molecule has 0 aliphatic carbocycles. The summed E-state index contributed by atoms with van der Waals surface area (Å²) in [6.07, 6.45) is 0. The molecule has 25 heavy (non-hydrogen) atoms. The van der Waals surface area contributed by atoms with Crippen LogP contribution in [0.5, 0.6) is 0 Å². The summed E-state index contributed by atoms with van der Waals surface area (Å²) in [5.41, 5.74) is 1.68. The van der Waals surface area contributed by atoms with Gasteiger partial charge in [-0.1, -0.05) is 23.2 Å². The highest BCUT2D eigenvalue weighted by Crippen LogP contribution is 2.22. The third-order valence-electron chi connectivity index (χ3n) is 3.15. The molecular formula is C16H19Cl2IN4OS. The van der Waals surface area contributed by atoms with Gasteiger partial charge in [-0.2, -0.15) is 11.3 Å². The number of guanidine groups is 1. The molecule has 0 spiro atoms. The molecule has 0 saturated carbocycles. The van der Waals surface area contributed by atoms with E-state index < -0.39 is 0 Å². The maximum Gasteiger partial charge on any atom is 0.251 e. The molecule has 136 valence electrons. The van der Waals surface area contributed by atoms with E-state index in [-0.39, 0.29) is 29.9 Å². The maximum absolute atomic E-state index is 12.0. The van der Waals surface area contributed by atoms with Crippen LogP contribution in [0.4, 0.5) is 0 Å². The van der Waals surface area contributed by atoms with Gasteiger partial charge >= 0.3 is 0 Å². The van der Waals surface area contributed by atoms with Crippen molar-refractivity contribution in [1.29, 1.82) is 0 Å². The lowest BCUT2D eigenvalue weighted by atomic mass is 10.2. The number of aliphatic imine (C=N–C) groups is 1. The van der Waals surface area contributed by atoms with E-state index in [0.717, 1.165) is 0 Å². The van der Waals surface area contributed by atoms with Gasteiger partial charge in [0.25, 0.3) is 5.91 Å². The van der Waals surface area contributed by atoms with Crippen molar-refractivity contribution in [3.8, 4) is 0 Å². The van der Waals surface area contributed by atoms with Gasteiger partial charge in [0, 0.05) is 32.2 Å². The Morgan fingerprint density at radius 2 is 1.88 bits per heavy atom. The van der Waals surface area contributed by atoms with Gasteiger partial charge in [0.05, 0.1) is 10.0 Å². The van der Waals surface area contributed by atoms with E-state index in [4.69, 9.17) is 23.2 Å². The summed E-state index contributed by atoms with van der Waals surface area (Å²) in [6.45, 7) is 1.72. The Labute approximate surface area is 178 Å². The van der Waals surface area contributed by atoms with Gasteiger partial charge in [-0.05, 0) is 40.6 Å². The lowest BCUT2D eigenvalue weighted by molar-refractivity contribution is 0.0954. The zero-order chi connectivity index (χ0) is 17.4. The predicted octanol–water partition coefficient (Wildman–Crippen LogP) is 3.77. The first-order valence-corrected chi connectivity index (χ1v) is 8.99. The van der Waals surface area contributed by atoms with Crippen LogP contribution in [0, 0.1) is 0 Å². The van der Waals surface area contributed by atoms with Gasteiger partial charge in [0.2, 0.25) is 0 Å². The second kappa shape index (κ2) is 11.6. The average molecular weight is 513 g/mol. The number of nitrogens with one attached hydrogen (secondary N) is 3. The third-order valence-corrected chi connectivity index (χ3v) is 4.62. The highest BCUT2D eigenvalue weighted by atomic mass is 127. The average Bonchev–Trinajstić information content (AvgIpc) is 3.10. The van der Waals surface area contributed by atoms with Crippen molar-refractivity contribution in [1.82, 2.24) is 16.0 Å². The topological polar surface area (TPSA) is 65.5 Å². The number of thiophene rings is 1. The van der Waals surface area contributed by atoms with E-state index in [1.54, 1.807) is 36.6 Å². The van der Waals surface area contributed by atoms with Crippen LogP contribution >= 0.6 is 58.5 Å². The molecule has 1 aromatic carbocycles. The Bertz CT molecular complexity index is 710. The second-order valence-corrected chi connectivity index (χ2v) is 6.46. The minimum absolute atomic E-state index is 0. The summed E-state index contributed by atoms with van der Waals surface area (Å²) in [4.78, 5) is 16.2. The highest BCUT2D eigenvalue weighted by Gasteiger charge is 2.07. The minimum atomic E-state index is -0.198. The molecule has 0 saturated heterocycles. The molecule has 0 aliphatic heterocycles. The standard InChI is InChI=1S/C16H18Cl2N4OS.HI/c1-19-16(22-9-11-4-7-24-10-11)21-6-5-20-15(23)12-2-3-13(17)14(18)8-12;/h2-4,7-8,10H,5-6,9H2,1H3,(H,20,23)(H2,19,21,22);1H. The molecule has 2 rings (SSSR count). The van der Waals surface area contributed by atoms with E-state index in [1.165, 1.54) is 5.56 Å². The van der Waals surface area contributed by atoms with E-state index in [0.29, 0.717) is 41.2 Å².